The van der Waals surface area contributed by atoms with Gasteiger partial charge in [-0.2, -0.15) is 0 Å². The summed E-state index contributed by atoms with van der Waals surface area (Å²) in [6.45, 7) is 3.37. The molecular formula is C11H9FO3. The Morgan fingerprint density at radius 2 is 1.80 bits per heavy atom. The van der Waals surface area contributed by atoms with Gasteiger partial charge in [0.1, 0.15) is 5.82 Å². The van der Waals surface area contributed by atoms with Gasteiger partial charge in [-0.25, -0.2) is 4.39 Å². The Hall–Kier alpha value is -1.97. The molecule has 0 heterocycles. The van der Waals surface area contributed by atoms with Crippen LogP contribution in [0.4, 0.5) is 4.39 Å². The Labute approximate surface area is 85.8 Å². The molecule has 0 saturated heterocycles. The van der Waals surface area contributed by atoms with Gasteiger partial charge in [-0.05, 0) is 24.3 Å². The number of rotatable bonds is 4. The van der Waals surface area contributed by atoms with E-state index in [0.29, 0.717) is 0 Å². The standard InChI is InChI=1S/C11H9FO3/c1-7(6-10(13)14)11(15)8-2-4-9(12)5-3-8/h2-5H,1,6H2,(H,13,14). The maximum atomic E-state index is 12.5. The van der Waals surface area contributed by atoms with Crippen LogP contribution >= 0.6 is 0 Å². The molecule has 0 atom stereocenters. The van der Waals surface area contributed by atoms with E-state index in [1.165, 1.54) is 12.1 Å². The van der Waals surface area contributed by atoms with Crippen LogP contribution in [0.2, 0.25) is 0 Å². The number of carbonyl (C=O) groups excluding carboxylic acids is 1. The maximum absolute atomic E-state index is 12.5. The van der Waals surface area contributed by atoms with Crippen LogP contribution in [0.3, 0.4) is 0 Å². The number of Topliss-reactive ketones (excluding diaryl/α,β-unsaturated/α-hetero) is 1. The first-order chi connectivity index (χ1) is 7.00. The van der Waals surface area contributed by atoms with Crippen LogP contribution in [-0.4, -0.2) is 16.9 Å². The largest absolute Gasteiger partial charge is 0.481 e. The quantitative estimate of drug-likeness (QED) is 0.608. The molecule has 0 spiro atoms. The number of hydrogen-bond acceptors (Lipinski definition) is 2. The number of halogens is 1. The second-order valence-corrected chi connectivity index (χ2v) is 3.01. The molecule has 0 saturated carbocycles. The molecule has 0 aromatic heterocycles. The number of hydrogen-bond donors (Lipinski definition) is 1. The summed E-state index contributed by atoms with van der Waals surface area (Å²) in [6.07, 6.45) is -0.407. The van der Waals surface area contributed by atoms with E-state index in [9.17, 15) is 14.0 Å². The normalized spacial score (nSPS) is 9.67. The minimum absolute atomic E-state index is 0.0193. The molecule has 1 aromatic rings. The second kappa shape index (κ2) is 4.50. The Balaban J connectivity index is 2.81. The highest BCUT2D eigenvalue weighted by Gasteiger charge is 2.12. The van der Waals surface area contributed by atoms with Gasteiger partial charge in [-0.15, -0.1) is 0 Å². The molecule has 1 aromatic carbocycles. The van der Waals surface area contributed by atoms with Crippen molar-refractivity contribution in [2.45, 2.75) is 6.42 Å². The molecule has 0 fully saturated rings. The van der Waals surface area contributed by atoms with Crippen LogP contribution in [0.1, 0.15) is 16.8 Å². The van der Waals surface area contributed by atoms with Crippen LogP contribution in [0.5, 0.6) is 0 Å². The third kappa shape index (κ3) is 3.02. The zero-order valence-corrected chi connectivity index (χ0v) is 7.87. The average molecular weight is 208 g/mol. The van der Waals surface area contributed by atoms with E-state index in [0.717, 1.165) is 12.1 Å². The van der Waals surface area contributed by atoms with E-state index in [2.05, 4.69) is 6.58 Å². The molecule has 0 bridgehead atoms. The van der Waals surface area contributed by atoms with Crippen LogP contribution < -0.4 is 0 Å². The van der Waals surface area contributed by atoms with Gasteiger partial charge < -0.3 is 5.11 Å². The van der Waals surface area contributed by atoms with Crippen molar-refractivity contribution in [3.63, 3.8) is 0 Å². The van der Waals surface area contributed by atoms with Crippen molar-refractivity contribution in [1.82, 2.24) is 0 Å². The Bertz CT molecular complexity index is 406. The molecule has 0 radical (unpaired) electrons. The lowest BCUT2D eigenvalue weighted by atomic mass is 10.0. The van der Waals surface area contributed by atoms with Crippen molar-refractivity contribution in [2.75, 3.05) is 0 Å². The molecule has 0 aliphatic rings. The number of carboxylic acids is 1. The summed E-state index contributed by atoms with van der Waals surface area (Å²) < 4.78 is 12.5. The van der Waals surface area contributed by atoms with Gasteiger partial charge >= 0.3 is 5.97 Å². The summed E-state index contributed by atoms with van der Waals surface area (Å²) in [5.74, 6) is -2.04. The minimum Gasteiger partial charge on any atom is -0.481 e. The lowest BCUT2D eigenvalue weighted by Crippen LogP contribution is -2.07. The molecular weight excluding hydrogens is 199 g/mol. The SMILES string of the molecule is C=C(CC(=O)O)C(=O)c1ccc(F)cc1. The average Bonchev–Trinajstić information content (AvgIpc) is 2.17. The van der Waals surface area contributed by atoms with Crippen molar-refractivity contribution in [3.05, 3.63) is 47.8 Å². The molecule has 3 nitrogen and oxygen atoms in total. The fourth-order valence-corrected chi connectivity index (χ4v) is 1.07. The van der Waals surface area contributed by atoms with Crippen LogP contribution in [-0.2, 0) is 4.79 Å². The molecule has 0 amide bonds. The van der Waals surface area contributed by atoms with Crippen LogP contribution in [0.15, 0.2) is 36.4 Å². The van der Waals surface area contributed by atoms with Gasteiger partial charge in [0.15, 0.2) is 5.78 Å². The van der Waals surface area contributed by atoms with E-state index in [4.69, 9.17) is 5.11 Å². The smallest absolute Gasteiger partial charge is 0.307 e. The highest BCUT2D eigenvalue weighted by molar-refractivity contribution is 6.10. The van der Waals surface area contributed by atoms with Crippen LogP contribution in [0.25, 0.3) is 0 Å². The zero-order valence-electron chi connectivity index (χ0n) is 7.87. The van der Waals surface area contributed by atoms with Crippen molar-refractivity contribution >= 4 is 11.8 Å². The van der Waals surface area contributed by atoms with Crippen molar-refractivity contribution in [3.8, 4) is 0 Å². The Kier molecular flexibility index (Phi) is 3.33. The number of carboxylic acid groups (broad SMARTS) is 1. The number of ketones is 1. The molecule has 78 valence electrons. The van der Waals surface area contributed by atoms with Gasteiger partial charge in [0.25, 0.3) is 0 Å². The van der Waals surface area contributed by atoms with Gasteiger partial charge in [0, 0.05) is 11.1 Å². The molecule has 0 unspecified atom stereocenters. The molecule has 0 aliphatic carbocycles. The van der Waals surface area contributed by atoms with E-state index < -0.39 is 24.0 Å². The van der Waals surface area contributed by atoms with Crippen molar-refractivity contribution < 1.29 is 19.1 Å². The summed E-state index contributed by atoms with van der Waals surface area (Å²) in [6, 6.07) is 4.87. The highest BCUT2D eigenvalue weighted by atomic mass is 19.1. The predicted octanol–water partition coefficient (Wildman–Crippen LogP) is 2.04. The summed E-state index contributed by atoms with van der Waals surface area (Å²) in [7, 11) is 0. The lowest BCUT2D eigenvalue weighted by Gasteiger charge is -2.01. The van der Waals surface area contributed by atoms with Gasteiger partial charge in [0.2, 0.25) is 0 Å². The summed E-state index contributed by atoms with van der Waals surface area (Å²) >= 11 is 0. The Morgan fingerprint density at radius 1 is 1.27 bits per heavy atom. The van der Waals surface area contributed by atoms with E-state index in [1.807, 2.05) is 0 Å². The number of carbonyl (C=O) groups is 2. The minimum atomic E-state index is -1.12. The first-order valence-electron chi connectivity index (χ1n) is 4.20. The molecule has 1 N–H and O–H groups in total. The summed E-state index contributed by atoms with van der Waals surface area (Å²) in [5.41, 5.74) is 0.219. The van der Waals surface area contributed by atoms with Gasteiger partial charge in [-0.3, -0.25) is 9.59 Å². The maximum Gasteiger partial charge on any atom is 0.307 e. The summed E-state index contributed by atoms with van der Waals surface area (Å²) in [5, 5.41) is 8.45. The van der Waals surface area contributed by atoms with Crippen molar-refractivity contribution in [2.24, 2.45) is 0 Å². The van der Waals surface area contributed by atoms with Gasteiger partial charge in [0.05, 0.1) is 6.42 Å². The van der Waals surface area contributed by atoms with E-state index >= 15 is 0 Å². The molecule has 4 heteroatoms. The fraction of sp³-hybridized carbons (Fsp3) is 0.0909. The zero-order chi connectivity index (χ0) is 11.4. The van der Waals surface area contributed by atoms with E-state index in [1.54, 1.807) is 0 Å². The topological polar surface area (TPSA) is 54.4 Å². The molecule has 0 aliphatic heterocycles. The second-order valence-electron chi connectivity index (χ2n) is 3.01. The third-order valence-electron chi connectivity index (χ3n) is 1.79. The van der Waals surface area contributed by atoms with E-state index in [-0.39, 0.29) is 11.1 Å². The van der Waals surface area contributed by atoms with Gasteiger partial charge in [-0.1, -0.05) is 6.58 Å². The lowest BCUT2D eigenvalue weighted by molar-refractivity contribution is -0.136. The summed E-state index contributed by atoms with van der Waals surface area (Å²) in [4.78, 5) is 21.8. The number of aliphatic carboxylic acids is 1. The first kappa shape index (κ1) is 11.1. The Morgan fingerprint density at radius 3 is 2.27 bits per heavy atom. The monoisotopic (exact) mass is 208 g/mol. The predicted molar refractivity (Wildman–Crippen MR) is 52.1 cm³/mol. The fourth-order valence-electron chi connectivity index (χ4n) is 1.07. The molecule has 15 heavy (non-hydrogen) atoms. The van der Waals surface area contributed by atoms with Crippen LogP contribution in [0, 0.1) is 5.82 Å². The number of benzene rings is 1. The molecule has 1 rings (SSSR count). The first-order valence-corrected chi connectivity index (χ1v) is 4.20. The third-order valence-corrected chi connectivity index (χ3v) is 1.79. The van der Waals surface area contributed by atoms with Crippen molar-refractivity contribution in [1.29, 1.82) is 0 Å². The highest BCUT2D eigenvalue weighted by Crippen LogP contribution is 2.10.